The lowest BCUT2D eigenvalue weighted by molar-refractivity contribution is -0.114. The molecule has 0 aliphatic carbocycles. The molecule has 0 unspecified atom stereocenters. The van der Waals surface area contributed by atoms with Gasteiger partial charge in [0.05, 0.1) is 36.7 Å². The number of sulfonamides is 2. The van der Waals surface area contributed by atoms with Gasteiger partial charge in [0.25, 0.3) is 0 Å². The normalized spacial score (nSPS) is 11.8. The summed E-state index contributed by atoms with van der Waals surface area (Å²) in [6, 6.07) is 9.93. The third kappa shape index (κ3) is 6.58. The zero-order valence-corrected chi connectivity index (χ0v) is 20.1. The van der Waals surface area contributed by atoms with Gasteiger partial charge in [-0.25, -0.2) is 21.6 Å². The average Bonchev–Trinajstić information content (AvgIpc) is 2.70. The highest BCUT2D eigenvalue weighted by Gasteiger charge is 2.23. The fourth-order valence-corrected chi connectivity index (χ4v) is 4.94. The number of benzene rings is 2. The predicted octanol–water partition coefficient (Wildman–Crippen LogP) is 1.80. The van der Waals surface area contributed by atoms with E-state index >= 15 is 0 Å². The molecule has 32 heavy (non-hydrogen) atoms. The Morgan fingerprint density at radius 1 is 1.03 bits per heavy atom. The van der Waals surface area contributed by atoms with Gasteiger partial charge in [-0.05, 0) is 44.2 Å². The summed E-state index contributed by atoms with van der Waals surface area (Å²) < 4.78 is 63.3. The van der Waals surface area contributed by atoms with E-state index in [1.54, 1.807) is 26.0 Å². The molecule has 2 aromatic rings. The van der Waals surface area contributed by atoms with Gasteiger partial charge in [0, 0.05) is 12.1 Å². The largest absolute Gasteiger partial charge is 0.497 e. The van der Waals surface area contributed by atoms with Gasteiger partial charge in [-0.3, -0.25) is 9.10 Å². The minimum Gasteiger partial charge on any atom is -0.497 e. The van der Waals surface area contributed by atoms with Crippen molar-refractivity contribution < 1.29 is 31.1 Å². The lowest BCUT2D eigenvalue weighted by Gasteiger charge is -2.22. The van der Waals surface area contributed by atoms with E-state index in [-0.39, 0.29) is 28.1 Å². The van der Waals surface area contributed by atoms with E-state index in [0.717, 1.165) is 10.6 Å². The number of rotatable bonds is 10. The Kier molecular flexibility index (Phi) is 8.10. The van der Waals surface area contributed by atoms with Crippen molar-refractivity contribution in [1.29, 1.82) is 0 Å². The van der Waals surface area contributed by atoms with Crippen LogP contribution in [0.4, 0.5) is 11.4 Å². The van der Waals surface area contributed by atoms with Crippen LogP contribution >= 0.6 is 0 Å². The van der Waals surface area contributed by atoms with E-state index in [0.29, 0.717) is 5.75 Å². The summed E-state index contributed by atoms with van der Waals surface area (Å²) in [7, 11) is -4.82. The molecule has 0 bridgehead atoms. The first-order valence-electron chi connectivity index (χ1n) is 9.49. The number of hydrogen-bond acceptors (Lipinski definition) is 7. The molecule has 0 saturated heterocycles. The first-order valence-corrected chi connectivity index (χ1v) is 12.8. The number of anilines is 2. The lowest BCUT2D eigenvalue weighted by Crippen LogP contribution is -2.37. The van der Waals surface area contributed by atoms with E-state index in [1.807, 2.05) is 0 Å². The molecule has 0 aromatic heterocycles. The van der Waals surface area contributed by atoms with E-state index in [2.05, 4.69) is 10.0 Å². The fraction of sp³-hybridized carbons (Fsp3) is 0.350. The van der Waals surface area contributed by atoms with Gasteiger partial charge in [-0.1, -0.05) is 6.07 Å². The summed E-state index contributed by atoms with van der Waals surface area (Å²) in [5, 5.41) is 2.53. The number of methoxy groups -OCH3 is 2. The maximum Gasteiger partial charge on any atom is 0.245 e. The van der Waals surface area contributed by atoms with Gasteiger partial charge in [0.1, 0.15) is 18.0 Å². The van der Waals surface area contributed by atoms with Crippen molar-refractivity contribution in [3.8, 4) is 11.5 Å². The van der Waals surface area contributed by atoms with E-state index in [4.69, 9.17) is 9.47 Å². The molecule has 2 aromatic carbocycles. The Hall–Kier alpha value is -2.83. The molecule has 176 valence electrons. The standard InChI is InChI=1S/C20H27N3O7S2/c1-14(2)22-32(27,28)17-9-10-19(30-4)18(12-17)21-20(24)13-23(31(5,25)26)15-7-6-8-16(11-15)29-3/h6-12,14,22H,13H2,1-5H3,(H,21,24). The first kappa shape index (κ1) is 25.4. The average molecular weight is 486 g/mol. The minimum atomic E-state index is -3.82. The van der Waals surface area contributed by atoms with Gasteiger partial charge >= 0.3 is 0 Å². The molecule has 0 radical (unpaired) electrons. The smallest absolute Gasteiger partial charge is 0.245 e. The highest BCUT2D eigenvalue weighted by atomic mass is 32.2. The van der Waals surface area contributed by atoms with Crippen LogP contribution in [0.25, 0.3) is 0 Å². The molecule has 0 aliphatic heterocycles. The molecule has 2 N–H and O–H groups in total. The Balaban J connectivity index is 2.34. The van der Waals surface area contributed by atoms with Crippen LogP contribution in [-0.4, -0.2) is 55.8 Å². The second-order valence-corrected chi connectivity index (χ2v) is 10.8. The molecule has 0 fully saturated rings. The highest BCUT2D eigenvalue weighted by Crippen LogP contribution is 2.28. The van der Waals surface area contributed by atoms with Crippen LogP contribution in [0.5, 0.6) is 11.5 Å². The van der Waals surface area contributed by atoms with Crippen molar-refractivity contribution in [2.75, 3.05) is 36.6 Å². The Morgan fingerprint density at radius 3 is 2.28 bits per heavy atom. The quantitative estimate of drug-likeness (QED) is 0.524. The molecule has 10 nitrogen and oxygen atoms in total. The van der Waals surface area contributed by atoms with Crippen LogP contribution in [0.2, 0.25) is 0 Å². The Morgan fingerprint density at radius 2 is 1.72 bits per heavy atom. The monoisotopic (exact) mass is 485 g/mol. The number of carbonyl (C=O) groups excluding carboxylic acids is 1. The van der Waals surface area contributed by atoms with Crippen LogP contribution in [0.1, 0.15) is 13.8 Å². The number of nitrogens with zero attached hydrogens (tertiary/aromatic N) is 1. The summed E-state index contributed by atoms with van der Waals surface area (Å²) in [4.78, 5) is 12.7. The van der Waals surface area contributed by atoms with Gasteiger partial charge in [0.15, 0.2) is 0 Å². The van der Waals surface area contributed by atoms with Crippen molar-refractivity contribution in [1.82, 2.24) is 4.72 Å². The third-order valence-electron chi connectivity index (χ3n) is 4.18. The van der Waals surface area contributed by atoms with Crippen LogP contribution < -0.4 is 23.8 Å². The third-order valence-corrected chi connectivity index (χ3v) is 6.97. The topological polar surface area (TPSA) is 131 Å². The maximum atomic E-state index is 12.7. The second-order valence-electron chi connectivity index (χ2n) is 7.16. The maximum absolute atomic E-state index is 12.7. The highest BCUT2D eigenvalue weighted by molar-refractivity contribution is 7.92. The number of nitrogens with one attached hydrogen (secondary N) is 2. The first-order chi connectivity index (χ1) is 14.9. The summed E-state index contributed by atoms with van der Waals surface area (Å²) in [6.07, 6.45) is 0.977. The van der Waals surface area contributed by atoms with Crippen LogP contribution in [-0.2, 0) is 24.8 Å². The predicted molar refractivity (Wildman–Crippen MR) is 122 cm³/mol. The van der Waals surface area contributed by atoms with Gasteiger partial charge in [0.2, 0.25) is 26.0 Å². The molecule has 0 heterocycles. The number of carbonyl (C=O) groups is 1. The van der Waals surface area contributed by atoms with Crippen molar-refractivity contribution in [3.05, 3.63) is 42.5 Å². The molecule has 0 saturated carbocycles. The van der Waals surface area contributed by atoms with Gasteiger partial charge in [-0.15, -0.1) is 0 Å². The minimum absolute atomic E-state index is 0.0740. The molecule has 0 aliphatic rings. The molecule has 12 heteroatoms. The van der Waals surface area contributed by atoms with Crippen LogP contribution in [0.15, 0.2) is 47.4 Å². The fourth-order valence-electron chi connectivity index (χ4n) is 2.82. The second kappa shape index (κ2) is 10.2. The van der Waals surface area contributed by atoms with Crippen LogP contribution in [0.3, 0.4) is 0 Å². The summed E-state index contributed by atoms with van der Waals surface area (Å²) in [6.45, 7) is 2.82. The van der Waals surface area contributed by atoms with Gasteiger partial charge in [-0.2, -0.15) is 0 Å². The molecule has 0 spiro atoms. The van der Waals surface area contributed by atoms with Gasteiger partial charge < -0.3 is 14.8 Å². The van der Waals surface area contributed by atoms with Crippen molar-refractivity contribution in [2.45, 2.75) is 24.8 Å². The summed E-state index contributed by atoms with van der Waals surface area (Å²) in [5.74, 6) is -0.0502. The zero-order chi connectivity index (χ0) is 24.1. The van der Waals surface area contributed by atoms with Crippen molar-refractivity contribution in [2.24, 2.45) is 0 Å². The molecular weight excluding hydrogens is 458 g/mol. The lowest BCUT2D eigenvalue weighted by atomic mass is 10.2. The molecule has 2 rings (SSSR count). The number of ether oxygens (including phenoxy) is 2. The summed E-state index contributed by atoms with van der Waals surface area (Å²) >= 11 is 0. The number of hydrogen-bond donors (Lipinski definition) is 2. The zero-order valence-electron chi connectivity index (χ0n) is 18.4. The molecule has 1 amide bonds. The van der Waals surface area contributed by atoms with E-state index < -0.39 is 32.5 Å². The van der Waals surface area contributed by atoms with E-state index in [9.17, 15) is 21.6 Å². The van der Waals surface area contributed by atoms with Crippen molar-refractivity contribution >= 4 is 37.3 Å². The summed E-state index contributed by atoms with van der Waals surface area (Å²) in [5.41, 5.74) is 0.328. The van der Waals surface area contributed by atoms with Crippen molar-refractivity contribution in [3.63, 3.8) is 0 Å². The Bertz CT molecular complexity index is 1180. The Labute approximate surface area is 188 Å². The SMILES string of the molecule is COc1cccc(N(CC(=O)Nc2cc(S(=O)(=O)NC(C)C)ccc2OC)S(C)(=O)=O)c1. The molecule has 0 atom stereocenters. The molecular formula is C20H27N3O7S2. The van der Waals surface area contributed by atoms with E-state index in [1.165, 1.54) is 44.6 Å². The number of amides is 1. The van der Waals surface area contributed by atoms with Crippen LogP contribution in [0, 0.1) is 0 Å².